The highest BCUT2D eigenvalue weighted by Gasteiger charge is 2.55. The number of hydrogen-bond donors (Lipinski definition) is 1. The van der Waals surface area contributed by atoms with Crippen LogP contribution >= 0.6 is 7.66 Å². The van der Waals surface area contributed by atoms with Gasteiger partial charge in [-0.25, -0.2) is 8.42 Å². The van der Waals surface area contributed by atoms with E-state index in [9.17, 15) is 43.2 Å². The molecule has 4 aromatic carbocycles. The summed E-state index contributed by atoms with van der Waals surface area (Å²) in [6.07, 6.45) is 0. The van der Waals surface area contributed by atoms with Gasteiger partial charge < -0.3 is 9.05 Å². The molecule has 0 fully saturated rings. The van der Waals surface area contributed by atoms with E-state index in [1.54, 1.807) is 48.5 Å². The summed E-state index contributed by atoms with van der Waals surface area (Å²) in [5.74, 6) is -0.939. The van der Waals surface area contributed by atoms with E-state index in [0.717, 1.165) is 16.6 Å². The fourth-order valence-electron chi connectivity index (χ4n) is 3.93. The van der Waals surface area contributed by atoms with Crippen LogP contribution in [0.5, 0.6) is 11.5 Å². The van der Waals surface area contributed by atoms with Crippen molar-refractivity contribution >= 4 is 49.3 Å². The maximum atomic E-state index is 13.4. The molecule has 0 radical (unpaired) electrons. The Hall–Kier alpha value is -3.33. The molecule has 1 aliphatic heterocycles. The van der Waals surface area contributed by atoms with Gasteiger partial charge in [0.25, 0.3) is 0 Å². The zero-order chi connectivity index (χ0) is 28.4. The number of rotatable bonds is 3. The third-order valence-corrected chi connectivity index (χ3v) is 11.2. The standard InChI is InChI=1S/C22H13F6N2O6PS2/c23-21(24,25)38(31,32)29-37(30-39(33,34)22(26,27)28)35-17-11-9-13-5-1-3-7-15(13)19(17)20-16-8-4-2-6-14(16)10-12-18(20)36-37/h1-12,29H. The topological polar surface area (TPSA) is 111 Å². The Morgan fingerprint density at radius 2 is 1.08 bits per heavy atom. The van der Waals surface area contributed by atoms with Gasteiger partial charge in [0.05, 0.1) is 0 Å². The SMILES string of the molecule is O=S(=O)(N=P1(NS(=O)(=O)C(F)(F)F)Oc2ccc3ccccc3c2-c2c(ccc3ccccc23)O1)C(F)(F)F. The molecule has 0 bridgehead atoms. The Balaban J connectivity index is 1.95. The molecule has 206 valence electrons. The Kier molecular flexibility index (Phi) is 6.18. The van der Waals surface area contributed by atoms with E-state index in [-0.39, 0.29) is 11.1 Å². The summed E-state index contributed by atoms with van der Waals surface area (Å²) in [6.45, 7) is 0. The summed E-state index contributed by atoms with van der Waals surface area (Å²) in [7, 11) is -18.9. The van der Waals surface area contributed by atoms with Crippen LogP contribution in [0.4, 0.5) is 26.3 Å². The van der Waals surface area contributed by atoms with Gasteiger partial charge in [0, 0.05) is 11.1 Å². The second-order valence-electron chi connectivity index (χ2n) is 8.07. The van der Waals surface area contributed by atoms with Crippen LogP contribution in [0.2, 0.25) is 0 Å². The van der Waals surface area contributed by atoms with Gasteiger partial charge in [0.1, 0.15) is 11.5 Å². The van der Waals surface area contributed by atoms with Gasteiger partial charge in [-0.2, -0.15) is 34.8 Å². The van der Waals surface area contributed by atoms with E-state index >= 15 is 0 Å². The first kappa shape index (κ1) is 27.2. The molecule has 0 saturated heterocycles. The third-order valence-electron chi connectivity index (χ3n) is 5.52. The molecule has 0 spiro atoms. The second kappa shape index (κ2) is 8.84. The lowest BCUT2D eigenvalue weighted by Crippen LogP contribution is -2.37. The molecular weight excluding hydrogens is 597 g/mol. The monoisotopic (exact) mass is 610 g/mol. The number of hydrogen-bond acceptors (Lipinski definition) is 6. The molecule has 1 heterocycles. The molecule has 0 amide bonds. The number of nitrogens with zero attached hydrogens (tertiary/aromatic N) is 1. The van der Waals surface area contributed by atoms with E-state index in [4.69, 9.17) is 9.05 Å². The number of nitrogens with one attached hydrogen (secondary N) is 1. The van der Waals surface area contributed by atoms with Crippen LogP contribution in [0, 0.1) is 0 Å². The first-order chi connectivity index (χ1) is 18.0. The molecule has 0 aromatic heterocycles. The number of halogens is 6. The molecule has 4 aromatic rings. The van der Waals surface area contributed by atoms with Crippen molar-refractivity contribution in [3.8, 4) is 22.6 Å². The number of benzene rings is 4. The van der Waals surface area contributed by atoms with Crippen LogP contribution in [-0.4, -0.2) is 27.9 Å². The molecule has 39 heavy (non-hydrogen) atoms. The average molecular weight is 610 g/mol. The Morgan fingerprint density at radius 1 is 0.641 bits per heavy atom. The van der Waals surface area contributed by atoms with Crippen molar-refractivity contribution in [2.75, 3.05) is 0 Å². The van der Waals surface area contributed by atoms with Crippen molar-refractivity contribution in [3.05, 3.63) is 72.8 Å². The highest BCUT2D eigenvalue weighted by Crippen LogP contribution is 2.60. The zero-order valence-electron chi connectivity index (χ0n) is 18.9. The number of fused-ring (bicyclic) bond motifs is 7. The van der Waals surface area contributed by atoms with E-state index in [0.29, 0.717) is 21.5 Å². The lowest BCUT2D eigenvalue weighted by atomic mass is 9.92. The normalized spacial score (nSPS) is 15.5. The van der Waals surface area contributed by atoms with E-state index in [1.165, 1.54) is 12.1 Å². The molecule has 1 aliphatic rings. The third kappa shape index (κ3) is 4.71. The number of alkyl halides is 6. The van der Waals surface area contributed by atoms with Crippen molar-refractivity contribution in [2.24, 2.45) is 4.15 Å². The van der Waals surface area contributed by atoms with Gasteiger partial charge in [-0.1, -0.05) is 64.8 Å². The lowest BCUT2D eigenvalue weighted by Gasteiger charge is -2.24. The maximum Gasteiger partial charge on any atom is 0.518 e. The lowest BCUT2D eigenvalue weighted by molar-refractivity contribution is -0.0443. The zero-order valence-corrected chi connectivity index (χ0v) is 21.4. The summed E-state index contributed by atoms with van der Waals surface area (Å²) < 4.78 is 143. The van der Waals surface area contributed by atoms with Crippen LogP contribution in [0.15, 0.2) is 76.9 Å². The first-order valence-corrected chi connectivity index (χ1v) is 15.0. The van der Waals surface area contributed by atoms with Gasteiger partial charge in [0.15, 0.2) is 0 Å². The largest absolute Gasteiger partial charge is 0.518 e. The smallest absolute Gasteiger partial charge is 0.417 e. The molecule has 0 saturated carbocycles. The molecule has 8 nitrogen and oxygen atoms in total. The fourth-order valence-corrected chi connectivity index (χ4v) is 8.94. The van der Waals surface area contributed by atoms with Crippen LogP contribution in [0.25, 0.3) is 32.7 Å². The van der Waals surface area contributed by atoms with Crippen LogP contribution in [0.1, 0.15) is 0 Å². The first-order valence-electron chi connectivity index (χ1n) is 10.5. The maximum absolute atomic E-state index is 13.4. The van der Waals surface area contributed by atoms with Crippen molar-refractivity contribution < 1.29 is 52.2 Å². The predicted molar refractivity (Wildman–Crippen MR) is 131 cm³/mol. The molecule has 17 heteroatoms. The minimum Gasteiger partial charge on any atom is -0.417 e. The summed E-state index contributed by atoms with van der Waals surface area (Å²) in [4.78, 5) is 0. The van der Waals surface area contributed by atoms with Crippen molar-refractivity contribution in [3.63, 3.8) is 0 Å². The van der Waals surface area contributed by atoms with E-state index in [1.807, 2.05) is 0 Å². The van der Waals surface area contributed by atoms with Crippen molar-refractivity contribution in [1.29, 1.82) is 0 Å². The van der Waals surface area contributed by atoms with Crippen LogP contribution < -0.4 is 13.5 Å². The van der Waals surface area contributed by atoms with Crippen molar-refractivity contribution in [2.45, 2.75) is 11.0 Å². The Morgan fingerprint density at radius 3 is 1.49 bits per heavy atom. The van der Waals surface area contributed by atoms with Gasteiger partial charge in [-0.15, -0.1) is 4.49 Å². The highest BCUT2D eigenvalue weighted by molar-refractivity contribution is 7.99. The summed E-state index contributed by atoms with van der Waals surface area (Å²) in [6, 6.07) is 18.1. The summed E-state index contributed by atoms with van der Waals surface area (Å²) in [5.41, 5.74) is -12.0. The van der Waals surface area contributed by atoms with Gasteiger partial charge in [-0.3, -0.25) is 0 Å². The van der Waals surface area contributed by atoms with Gasteiger partial charge >= 0.3 is 38.7 Å². The number of sulfonamides is 2. The summed E-state index contributed by atoms with van der Waals surface area (Å²) >= 11 is 0. The Labute approximate surface area is 216 Å². The second-order valence-corrected chi connectivity index (χ2v) is 13.7. The van der Waals surface area contributed by atoms with Gasteiger partial charge in [0.2, 0.25) is 0 Å². The summed E-state index contributed by atoms with van der Waals surface area (Å²) in [5, 5.41) is 1.93. The predicted octanol–water partition coefficient (Wildman–Crippen LogP) is 6.67. The highest BCUT2D eigenvalue weighted by atomic mass is 32.2. The minimum absolute atomic E-state index is 0.104. The Bertz CT molecular complexity index is 1830. The van der Waals surface area contributed by atoms with Crippen LogP contribution in [-0.2, 0) is 20.0 Å². The average Bonchev–Trinajstić information content (AvgIpc) is 2.96. The molecule has 5 rings (SSSR count). The van der Waals surface area contributed by atoms with Gasteiger partial charge in [-0.05, 0) is 33.7 Å². The molecular formula is C22H13F6N2O6PS2. The molecule has 1 N–H and O–H groups in total. The van der Waals surface area contributed by atoms with E-state index < -0.39 is 50.2 Å². The molecule has 0 aliphatic carbocycles. The minimum atomic E-state index is -6.65. The quantitative estimate of drug-likeness (QED) is 0.205. The van der Waals surface area contributed by atoms with Crippen LogP contribution in [0.3, 0.4) is 0 Å². The molecule has 0 unspecified atom stereocenters. The fraction of sp³-hybridized carbons (Fsp3) is 0.0909. The van der Waals surface area contributed by atoms with E-state index in [2.05, 4.69) is 4.15 Å². The van der Waals surface area contributed by atoms with Crippen molar-refractivity contribution in [1.82, 2.24) is 4.49 Å². The molecule has 0 atom stereocenters.